The average molecular weight is 261 g/mol. The lowest BCUT2D eigenvalue weighted by Gasteiger charge is -2.31. The summed E-state index contributed by atoms with van der Waals surface area (Å²) < 4.78 is 0. The minimum atomic E-state index is 0.140. The summed E-state index contributed by atoms with van der Waals surface area (Å²) in [5.41, 5.74) is 7.56. The van der Waals surface area contributed by atoms with Gasteiger partial charge in [-0.2, -0.15) is 0 Å². The number of nitrogens with two attached hydrogens (primary N) is 1. The van der Waals surface area contributed by atoms with Crippen LogP contribution in [0, 0.1) is 5.92 Å². The van der Waals surface area contributed by atoms with Gasteiger partial charge in [-0.05, 0) is 49.6 Å². The van der Waals surface area contributed by atoms with Crippen molar-refractivity contribution < 1.29 is 4.79 Å². The molecule has 0 bridgehead atoms. The number of carbonyl (C=O) groups excluding carboxylic acids is 1. The fraction of sp³-hybridized carbons (Fsp3) is 0.533. The number of hydrogen-bond acceptors (Lipinski definition) is 3. The Labute approximate surface area is 115 Å². The molecule has 4 nitrogen and oxygen atoms in total. The van der Waals surface area contributed by atoms with Crippen LogP contribution >= 0.6 is 0 Å². The minimum absolute atomic E-state index is 0.140. The van der Waals surface area contributed by atoms with Gasteiger partial charge >= 0.3 is 0 Å². The van der Waals surface area contributed by atoms with E-state index in [9.17, 15) is 4.79 Å². The Hall–Kier alpha value is -1.55. The molecule has 4 heteroatoms. The molecule has 0 aromatic heterocycles. The van der Waals surface area contributed by atoms with Crippen LogP contribution in [-0.2, 0) is 0 Å². The number of nitrogens with zero attached hydrogens (tertiary/aromatic N) is 2. The van der Waals surface area contributed by atoms with Crippen LogP contribution in [0.3, 0.4) is 0 Å². The molecule has 1 amide bonds. The molecule has 1 aliphatic heterocycles. The topological polar surface area (TPSA) is 49.6 Å². The Morgan fingerprint density at radius 3 is 2.32 bits per heavy atom. The predicted octanol–water partition coefficient (Wildman–Crippen LogP) is 1.56. The van der Waals surface area contributed by atoms with Crippen molar-refractivity contribution >= 4 is 11.6 Å². The van der Waals surface area contributed by atoms with Gasteiger partial charge in [0.05, 0.1) is 0 Å². The highest BCUT2D eigenvalue weighted by atomic mass is 16.2. The van der Waals surface area contributed by atoms with Crippen LogP contribution in [-0.4, -0.2) is 44.5 Å². The summed E-state index contributed by atoms with van der Waals surface area (Å²) in [5, 5.41) is 0. The Balaban J connectivity index is 2.00. The molecule has 0 spiro atoms. The fourth-order valence-corrected chi connectivity index (χ4v) is 2.46. The second-order valence-electron chi connectivity index (χ2n) is 5.41. The first-order valence-corrected chi connectivity index (χ1v) is 6.88. The SMILES string of the molecule is CN(C)c1ccc(C(=O)N2CCC(CN)CC2)cc1. The minimum Gasteiger partial charge on any atom is -0.378 e. The highest BCUT2D eigenvalue weighted by molar-refractivity contribution is 5.94. The number of rotatable bonds is 3. The summed E-state index contributed by atoms with van der Waals surface area (Å²) >= 11 is 0. The lowest BCUT2D eigenvalue weighted by molar-refractivity contribution is 0.0693. The van der Waals surface area contributed by atoms with Gasteiger partial charge in [-0.15, -0.1) is 0 Å². The molecular weight excluding hydrogens is 238 g/mol. The largest absolute Gasteiger partial charge is 0.378 e. The fourth-order valence-electron chi connectivity index (χ4n) is 2.46. The summed E-state index contributed by atoms with van der Waals surface area (Å²) in [6.45, 7) is 2.39. The molecule has 1 saturated heterocycles. The van der Waals surface area contributed by atoms with Crippen molar-refractivity contribution in [2.75, 3.05) is 38.6 Å². The number of likely N-dealkylation sites (tertiary alicyclic amines) is 1. The maximum Gasteiger partial charge on any atom is 0.253 e. The normalized spacial score (nSPS) is 16.5. The lowest BCUT2D eigenvalue weighted by atomic mass is 9.96. The quantitative estimate of drug-likeness (QED) is 0.898. The molecule has 0 radical (unpaired) electrons. The van der Waals surface area contributed by atoms with E-state index in [1.54, 1.807) is 0 Å². The van der Waals surface area contributed by atoms with Gasteiger partial charge in [-0.1, -0.05) is 0 Å². The molecule has 0 saturated carbocycles. The number of hydrogen-bond donors (Lipinski definition) is 1. The summed E-state index contributed by atoms with van der Waals surface area (Å²) in [4.78, 5) is 16.3. The molecule has 0 unspecified atom stereocenters. The molecule has 1 aromatic rings. The van der Waals surface area contributed by atoms with E-state index in [1.165, 1.54) is 0 Å². The molecule has 1 heterocycles. The molecule has 0 aliphatic carbocycles. The molecule has 1 aliphatic rings. The van der Waals surface area contributed by atoms with Crippen LogP contribution in [0.4, 0.5) is 5.69 Å². The van der Waals surface area contributed by atoms with Gasteiger partial charge in [0.15, 0.2) is 0 Å². The summed E-state index contributed by atoms with van der Waals surface area (Å²) in [7, 11) is 3.99. The van der Waals surface area contributed by atoms with Crippen LogP contribution in [0.25, 0.3) is 0 Å². The molecule has 19 heavy (non-hydrogen) atoms. The van der Waals surface area contributed by atoms with Crippen LogP contribution in [0.5, 0.6) is 0 Å². The third-order valence-electron chi connectivity index (χ3n) is 3.87. The first-order chi connectivity index (χ1) is 9.11. The molecule has 1 aromatic carbocycles. The molecule has 0 atom stereocenters. The highest BCUT2D eigenvalue weighted by Gasteiger charge is 2.22. The zero-order valence-electron chi connectivity index (χ0n) is 11.8. The number of anilines is 1. The molecule has 2 rings (SSSR count). The van der Waals surface area contributed by atoms with E-state index in [1.807, 2.05) is 48.2 Å². The van der Waals surface area contributed by atoms with Crippen LogP contribution < -0.4 is 10.6 Å². The number of piperidine rings is 1. The third kappa shape index (κ3) is 3.26. The van der Waals surface area contributed by atoms with Crippen LogP contribution in [0.15, 0.2) is 24.3 Å². The van der Waals surface area contributed by atoms with Crippen molar-refractivity contribution in [2.24, 2.45) is 11.7 Å². The Bertz CT molecular complexity index is 420. The van der Waals surface area contributed by atoms with Gasteiger partial charge in [0.1, 0.15) is 0 Å². The number of benzene rings is 1. The first-order valence-electron chi connectivity index (χ1n) is 6.88. The van der Waals surface area contributed by atoms with Gasteiger partial charge in [0.25, 0.3) is 5.91 Å². The van der Waals surface area contributed by atoms with Gasteiger partial charge in [0.2, 0.25) is 0 Å². The Morgan fingerprint density at radius 1 is 1.26 bits per heavy atom. The maximum atomic E-state index is 12.4. The zero-order valence-corrected chi connectivity index (χ0v) is 11.8. The number of amides is 1. The van der Waals surface area contributed by atoms with E-state index in [-0.39, 0.29) is 5.91 Å². The van der Waals surface area contributed by atoms with E-state index in [0.29, 0.717) is 5.92 Å². The second-order valence-corrected chi connectivity index (χ2v) is 5.41. The predicted molar refractivity (Wildman–Crippen MR) is 78.5 cm³/mol. The zero-order chi connectivity index (χ0) is 13.8. The van der Waals surface area contributed by atoms with Crippen molar-refractivity contribution in [3.63, 3.8) is 0 Å². The summed E-state index contributed by atoms with van der Waals surface area (Å²) in [6.07, 6.45) is 2.05. The van der Waals surface area contributed by atoms with Crippen LogP contribution in [0.1, 0.15) is 23.2 Å². The lowest BCUT2D eigenvalue weighted by Crippen LogP contribution is -2.40. The smallest absolute Gasteiger partial charge is 0.253 e. The average Bonchev–Trinajstić information content (AvgIpc) is 2.46. The van der Waals surface area contributed by atoms with Crippen molar-refractivity contribution in [2.45, 2.75) is 12.8 Å². The summed E-state index contributed by atoms with van der Waals surface area (Å²) in [6, 6.07) is 7.79. The third-order valence-corrected chi connectivity index (χ3v) is 3.87. The Kier molecular flexibility index (Phi) is 4.43. The maximum absolute atomic E-state index is 12.4. The van der Waals surface area contributed by atoms with Crippen LogP contribution in [0.2, 0.25) is 0 Å². The molecular formula is C15H23N3O. The van der Waals surface area contributed by atoms with E-state index >= 15 is 0 Å². The molecule has 104 valence electrons. The standard InChI is InChI=1S/C15H23N3O/c1-17(2)14-5-3-13(4-6-14)15(19)18-9-7-12(11-16)8-10-18/h3-6,12H,7-11,16H2,1-2H3. The number of carbonyl (C=O) groups is 1. The van der Waals surface area contributed by atoms with Gasteiger partial charge in [-0.3, -0.25) is 4.79 Å². The van der Waals surface area contributed by atoms with E-state index in [2.05, 4.69) is 0 Å². The van der Waals surface area contributed by atoms with Crippen molar-refractivity contribution in [1.82, 2.24) is 4.90 Å². The van der Waals surface area contributed by atoms with E-state index in [4.69, 9.17) is 5.73 Å². The van der Waals surface area contributed by atoms with Gasteiger partial charge in [-0.25, -0.2) is 0 Å². The first kappa shape index (κ1) is 13.9. The van der Waals surface area contributed by atoms with E-state index in [0.717, 1.165) is 43.7 Å². The molecule has 2 N–H and O–H groups in total. The van der Waals surface area contributed by atoms with Gasteiger partial charge < -0.3 is 15.5 Å². The van der Waals surface area contributed by atoms with E-state index < -0.39 is 0 Å². The van der Waals surface area contributed by atoms with Gasteiger partial charge in [0, 0.05) is 38.4 Å². The monoisotopic (exact) mass is 261 g/mol. The Morgan fingerprint density at radius 2 is 1.84 bits per heavy atom. The second kappa shape index (κ2) is 6.06. The highest BCUT2D eigenvalue weighted by Crippen LogP contribution is 2.19. The van der Waals surface area contributed by atoms with Crippen molar-refractivity contribution in [1.29, 1.82) is 0 Å². The molecule has 1 fully saturated rings. The van der Waals surface area contributed by atoms with Crippen molar-refractivity contribution in [3.05, 3.63) is 29.8 Å². The van der Waals surface area contributed by atoms with Crippen molar-refractivity contribution in [3.8, 4) is 0 Å². The summed E-state index contributed by atoms with van der Waals surface area (Å²) in [5.74, 6) is 0.723.